The molecule has 0 saturated heterocycles. The van der Waals surface area contributed by atoms with Gasteiger partial charge in [0.2, 0.25) is 5.88 Å². The molecule has 3 heteroatoms. The second-order valence-electron chi connectivity index (χ2n) is 2.05. The van der Waals surface area contributed by atoms with Crippen molar-refractivity contribution in [3.63, 3.8) is 0 Å². The van der Waals surface area contributed by atoms with Crippen molar-refractivity contribution in [3.05, 3.63) is 23.4 Å². The Balaban J connectivity index is 3.34. The van der Waals surface area contributed by atoms with Gasteiger partial charge < -0.3 is 4.74 Å². The number of carbonyl (C=O) groups is 1. The van der Waals surface area contributed by atoms with Gasteiger partial charge >= 0.3 is 0 Å². The molecule has 0 aliphatic heterocycles. The van der Waals surface area contributed by atoms with Gasteiger partial charge in [-0.25, -0.2) is 4.98 Å². The lowest BCUT2D eigenvalue weighted by molar-refractivity contribution is 0.112. The highest BCUT2D eigenvalue weighted by atomic mass is 16.5. The topological polar surface area (TPSA) is 39.2 Å². The number of aldehydes is 1. The Bertz CT molecular complexity index is 339. The van der Waals surface area contributed by atoms with Gasteiger partial charge in [-0.15, -0.1) is 6.42 Å². The van der Waals surface area contributed by atoms with E-state index in [-0.39, 0.29) is 0 Å². The minimum atomic E-state index is 0.308. The van der Waals surface area contributed by atoms with Crippen molar-refractivity contribution in [2.24, 2.45) is 0 Å². The number of rotatable bonds is 2. The molecule has 0 N–H and O–H groups in total. The number of aromatic nitrogens is 1. The molecule has 1 aromatic rings. The molecule has 1 rings (SSSR count). The number of hydrogen-bond acceptors (Lipinski definition) is 3. The summed E-state index contributed by atoms with van der Waals surface area (Å²) in [6, 6.07) is 1.55. The molecular weight excluding hydrogens is 154 g/mol. The van der Waals surface area contributed by atoms with E-state index in [1.807, 2.05) is 0 Å². The molecule has 0 unspecified atom stereocenters. The highest BCUT2D eigenvalue weighted by molar-refractivity contribution is 5.80. The Morgan fingerprint density at radius 2 is 2.50 bits per heavy atom. The van der Waals surface area contributed by atoms with E-state index >= 15 is 0 Å². The maximum absolute atomic E-state index is 10.5. The second kappa shape index (κ2) is 3.54. The Kier molecular flexibility index (Phi) is 2.44. The largest absolute Gasteiger partial charge is 0.480 e. The van der Waals surface area contributed by atoms with Crippen LogP contribution in [0.15, 0.2) is 12.3 Å². The number of carbonyl (C=O) groups excluding carboxylic acids is 1. The van der Waals surface area contributed by atoms with Gasteiger partial charge in [-0.1, -0.05) is 5.92 Å². The minimum absolute atomic E-state index is 0.308. The van der Waals surface area contributed by atoms with Crippen molar-refractivity contribution in [1.29, 1.82) is 0 Å². The van der Waals surface area contributed by atoms with Crippen molar-refractivity contribution in [2.75, 3.05) is 7.11 Å². The molecule has 0 bridgehead atoms. The van der Waals surface area contributed by atoms with E-state index in [0.29, 0.717) is 23.3 Å². The molecule has 0 amide bonds. The van der Waals surface area contributed by atoms with Crippen LogP contribution in [-0.4, -0.2) is 18.4 Å². The summed E-state index contributed by atoms with van der Waals surface area (Å²) in [5, 5.41) is 0. The van der Waals surface area contributed by atoms with Gasteiger partial charge in [-0.2, -0.15) is 0 Å². The Hall–Kier alpha value is -1.82. The van der Waals surface area contributed by atoms with Crippen molar-refractivity contribution < 1.29 is 9.53 Å². The highest BCUT2D eigenvalue weighted by Gasteiger charge is 2.05. The van der Waals surface area contributed by atoms with Crippen LogP contribution in [0.25, 0.3) is 0 Å². The van der Waals surface area contributed by atoms with Gasteiger partial charge in [0, 0.05) is 11.8 Å². The predicted octanol–water partition coefficient (Wildman–Crippen LogP) is 0.884. The number of terminal acetylenes is 1. The Labute approximate surface area is 70.4 Å². The van der Waals surface area contributed by atoms with E-state index in [2.05, 4.69) is 10.9 Å². The van der Waals surface area contributed by atoms with E-state index in [0.717, 1.165) is 0 Å². The first kappa shape index (κ1) is 8.28. The third-order valence-corrected chi connectivity index (χ3v) is 1.41. The zero-order chi connectivity index (χ0) is 8.97. The molecular formula is C9H7NO2. The summed E-state index contributed by atoms with van der Waals surface area (Å²) >= 11 is 0. The van der Waals surface area contributed by atoms with Crippen LogP contribution in [-0.2, 0) is 0 Å². The lowest BCUT2D eigenvalue weighted by atomic mass is 10.1. The van der Waals surface area contributed by atoms with E-state index in [1.165, 1.54) is 13.3 Å². The molecule has 0 aliphatic carbocycles. The molecule has 0 radical (unpaired) electrons. The summed E-state index contributed by atoms with van der Waals surface area (Å²) in [7, 11) is 1.46. The third-order valence-electron chi connectivity index (χ3n) is 1.41. The van der Waals surface area contributed by atoms with E-state index in [1.54, 1.807) is 6.07 Å². The summed E-state index contributed by atoms with van der Waals surface area (Å²) in [6.45, 7) is 0. The Morgan fingerprint density at radius 3 is 3.00 bits per heavy atom. The number of nitrogens with zero attached hydrogens (tertiary/aromatic N) is 1. The van der Waals surface area contributed by atoms with Gasteiger partial charge in [-0.3, -0.25) is 4.79 Å². The van der Waals surface area contributed by atoms with E-state index in [9.17, 15) is 4.79 Å². The standard InChI is InChI=1S/C9H7NO2/c1-3-8-7(6-11)4-5-10-9(8)12-2/h1,4-6H,2H3. The summed E-state index contributed by atoms with van der Waals surface area (Å²) in [6.07, 6.45) is 7.33. The average molecular weight is 161 g/mol. The summed E-state index contributed by atoms with van der Waals surface area (Å²) < 4.78 is 4.87. The number of hydrogen-bond donors (Lipinski definition) is 0. The van der Waals surface area contributed by atoms with Crippen LogP contribution in [0.3, 0.4) is 0 Å². The van der Waals surface area contributed by atoms with Gasteiger partial charge in [-0.05, 0) is 6.07 Å². The Morgan fingerprint density at radius 1 is 1.75 bits per heavy atom. The normalized spacial score (nSPS) is 8.67. The van der Waals surface area contributed by atoms with Crippen molar-refractivity contribution >= 4 is 6.29 Å². The lowest BCUT2D eigenvalue weighted by Gasteiger charge is -2.02. The lowest BCUT2D eigenvalue weighted by Crippen LogP contribution is -1.95. The molecule has 0 aromatic carbocycles. The number of ether oxygens (including phenoxy) is 1. The maximum atomic E-state index is 10.5. The predicted molar refractivity (Wildman–Crippen MR) is 44.1 cm³/mol. The van der Waals surface area contributed by atoms with Crippen LogP contribution in [0, 0.1) is 12.3 Å². The summed E-state index contributed by atoms with van der Waals surface area (Å²) in [4.78, 5) is 14.3. The number of methoxy groups -OCH3 is 1. The van der Waals surface area contributed by atoms with Gasteiger partial charge in [0.05, 0.1) is 12.7 Å². The molecule has 0 saturated carbocycles. The molecule has 60 valence electrons. The highest BCUT2D eigenvalue weighted by Crippen LogP contribution is 2.15. The zero-order valence-corrected chi connectivity index (χ0v) is 6.57. The maximum Gasteiger partial charge on any atom is 0.229 e. The molecule has 3 nitrogen and oxygen atoms in total. The first-order valence-electron chi connectivity index (χ1n) is 3.28. The van der Waals surface area contributed by atoms with Crippen molar-refractivity contribution in [1.82, 2.24) is 4.98 Å². The van der Waals surface area contributed by atoms with Crippen molar-refractivity contribution in [3.8, 4) is 18.2 Å². The fourth-order valence-corrected chi connectivity index (χ4v) is 0.855. The number of pyridine rings is 1. The molecule has 0 aliphatic rings. The fraction of sp³-hybridized carbons (Fsp3) is 0.111. The molecule has 0 atom stereocenters. The van der Waals surface area contributed by atoms with Crippen LogP contribution in [0.5, 0.6) is 5.88 Å². The van der Waals surface area contributed by atoms with Gasteiger partial charge in [0.25, 0.3) is 0 Å². The van der Waals surface area contributed by atoms with Crippen LogP contribution in [0.2, 0.25) is 0 Å². The van der Waals surface area contributed by atoms with Crippen LogP contribution >= 0.6 is 0 Å². The van der Waals surface area contributed by atoms with Gasteiger partial charge in [0.1, 0.15) is 0 Å². The minimum Gasteiger partial charge on any atom is -0.480 e. The van der Waals surface area contributed by atoms with Crippen LogP contribution < -0.4 is 4.74 Å². The molecule has 12 heavy (non-hydrogen) atoms. The molecule has 0 spiro atoms. The fourth-order valence-electron chi connectivity index (χ4n) is 0.855. The summed E-state index contributed by atoms with van der Waals surface area (Å²) in [5.74, 6) is 2.65. The molecule has 0 fully saturated rings. The smallest absolute Gasteiger partial charge is 0.229 e. The SMILES string of the molecule is C#Cc1c(C=O)ccnc1OC. The van der Waals surface area contributed by atoms with E-state index in [4.69, 9.17) is 11.2 Å². The molecule has 1 heterocycles. The monoisotopic (exact) mass is 161 g/mol. The van der Waals surface area contributed by atoms with Crippen molar-refractivity contribution in [2.45, 2.75) is 0 Å². The van der Waals surface area contributed by atoms with Crippen LogP contribution in [0.4, 0.5) is 0 Å². The zero-order valence-electron chi connectivity index (χ0n) is 6.57. The first-order valence-corrected chi connectivity index (χ1v) is 3.28. The quantitative estimate of drug-likeness (QED) is 0.477. The van der Waals surface area contributed by atoms with Gasteiger partial charge in [0.15, 0.2) is 6.29 Å². The third kappa shape index (κ3) is 1.28. The van der Waals surface area contributed by atoms with Crippen LogP contribution in [0.1, 0.15) is 15.9 Å². The second-order valence-corrected chi connectivity index (χ2v) is 2.05. The molecule has 1 aromatic heterocycles. The average Bonchev–Trinajstić information content (AvgIpc) is 2.16. The van der Waals surface area contributed by atoms with E-state index < -0.39 is 0 Å². The first-order chi connectivity index (χ1) is 5.83. The summed E-state index contributed by atoms with van der Waals surface area (Å²) in [5.41, 5.74) is 0.819.